The van der Waals surface area contributed by atoms with Crippen molar-refractivity contribution in [3.05, 3.63) is 34.9 Å². The lowest BCUT2D eigenvalue weighted by atomic mass is 10.1. The van der Waals surface area contributed by atoms with Crippen molar-refractivity contribution in [2.24, 2.45) is 0 Å². The highest BCUT2D eigenvalue weighted by molar-refractivity contribution is 6.33. The number of rotatable bonds is 2. The molecule has 1 aromatic heterocycles. The summed E-state index contributed by atoms with van der Waals surface area (Å²) < 4.78 is 18.7. The zero-order chi connectivity index (χ0) is 13.9. The lowest BCUT2D eigenvalue weighted by molar-refractivity contribution is 0.402. The Hall–Kier alpha value is -1.46. The maximum Gasteiger partial charge on any atom is 0.259 e. The van der Waals surface area contributed by atoms with Gasteiger partial charge in [0.25, 0.3) is 5.89 Å². The molecule has 0 radical (unpaired) electrons. The normalized spacial score (nSPS) is 19.8. The van der Waals surface area contributed by atoms with Gasteiger partial charge in [-0.1, -0.05) is 35.7 Å². The summed E-state index contributed by atoms with van der Waals surface area (Å²) in [6.07, 6.45) is 4.50. The number of aromatic nitrogens is 2. The van der Waals surface area contributed by atoms with Crippen LogP contribution in [0.25, 0.3) is 11.5 Å². The topological polar surface area (TPSA) is 51.0 Å². The molecule has 1 aliphatic heterocycles. The van der Waals surface area contributed by atoms with Crippen LogP contribution in [-0.4, -0.2) is 16.7 Å². The molecule has 20 heavy (non-hydrogen) atoms. The van der Waals surface area contributed by atoms with Gasteiger partial charge >= 0.3 is 0 Å². The van der Waals surface area contributed by atoms with Crippen LogP contribution < -0.4 is 5.32 Å². The predicted molar refractivity (Wildman–Crippen MR) is 73.9 cm³/mol. The van der Waals surface area contributed by atoms with Crippen molar-refractivity contribution in [1.82, 2.24) is 15.5 Å². The van der Waals surface area contributed by atoms with Gasteiger partial charge in [-0.2, -0.15) is 4.98 Å². The van der Waals surface area contributed by atoms with E-state index in [4.69, 9.17) is 16.1 Å². The van der Waals surface area contributed by atoms with Crippen LogP contribution in [0.4, 0.5) is 4.39 Å². The average Bonchev–Trinajstić information content (AvgIpc) is 2.77. The molecule has 2 aromatic rings. The summed E-state index contributed by atoms with van der Waals surface area (Å²) in [6.45, 7) is 0.954. The minimum atomic E-state index is -0.489. The van der Waals surface area contributed by atoms with Gasteiger partial charge in [-0.25, -0.2) is 4.39 Å². The third kappa shape index (κ3) is 2.69. The predicted octanol–water partition coefficient (Wildman–Crippen LogP) is 3.73. The molecule has 1 fully saturated rings. The minimum Gasteiger partial charge on any atom is -0.334 e. The Morgan fingerprint density at radius 1 is 1.30 bits per heavy atom. The molecule has 1 atom stereocenters. The maximum absolute atomic E-state index is 13.4. The number of nitrogens with one attached hydrogen (secondary N) is 1. The second-order valence-electron chi connectivity index (χ2n) is 4.92. The SMILES string of the molecule is Fc1cccc(-c2nc(C3CCCCCN3)no2)c1Cl. The van der Waals surface area contributed by atoms with E-state index in [1.165, 1.54) is 12.5 Å². The first kappa shape index (κ1) is 13.5. The molecular formula is C14H15ClFN3O. The molecule has 0 amide bonds. The third-order valence-corrected chi connectivity index (χ3v) is 3.88. The van der Waals surface area contributed by atoms with Crippen molar-refractivity contribution < 1.29 is 8.91 Å². The Morgan fingerprint density at radius 2 is 2.20 bits per heavy atom. The molecule has 4 nitrogen and oxygen atoms in total. The van der Waals surface area contributed by atoms with E-state index in [1.54, 1.807) is 12.1 Å². The van der Waals surface area contributed by atoms with Gasteiger partial charge in [-0.3, -0.25) is 0 Å². The number of hydrogen-bond donors (Lipinski definition) is 1. The molecular weight excluding hydrogens is 281 g/mol. The Morgan fingerprint density at radius 3 is 3.10 bits per heavy atom. The maximum atomic E-state index is 13.4. The second-order valence-corrected chi connectivity index (χ2v) is 5.29. The molecule has 6 heteroatoms. The Kier molecular flexibility index (Phi) is 3.98. The van der Waals surface area contributed by atoms with E-state index in [0.717, 1.165) is 25.8 Å². The van der Waals surface area contributed by atoms with Gasteiger partial charge in [0.2, 0.25) is 0 Å². The van der Waals surface area contributed by atoms with Crippen molar-refractivity contribution in [1.29, 1.82) is 0 Å². The largest absolute Gasteiger partial charge is 0.334 e. The fraction of sp³-hybridized carbons (Fsp3) is 0.429. The standard InChI is InChI=1S/C14H15ClFN3O/c15-12-9(5-4-6-10(12)16)14-18-13(19-20-14)11-7-2-1-3-8-17-11/h4-6,11,17H,1-3,7-8H2. The van der Waals surface area contributed by atoms with Crippen molar-refractivity contribution in [3.63, 3.8) is 0 Å². The molecule has 0 aliphatic carbocycles. The molecule has 1 unspecified atom stereocenters. The molecule has 106 valence electrons. The first-order valence-corrected chi connectivity index (χ1v) is 7.15. The van der Waals surface area contributed by atoms with Crippen molar-refractivity contribution in [2.45, 2.75) is 31.7 Å². The number of benzene rings is 1. The highest BCUT2D eigenvalue weighted by Gasteiger charge is 2.21. The number of hydrogen-bond acceptors (Lipinski definition) is 4. The number of nitrogens with zero attached hydrogens (tertiary/aromatic N) is 2. The first-order valence-electron chi connectivity index (χ1n) is 6.77. The zero-order valence-corrected chi connectivity index (χ0v) is 11.7. The molecule has 2 heterocycles. The van der Waals surface area contributed by atoms with E-state index >= 15 is 0 Å². The van der Waals surface area contributed by atoms with Crippen molar-refractivity contribution >= 4 is 11.6 Å². The second kappa shape index (κ2) is 5.89. The highest BCUT2D eigenvalue weighted by atomic mass is 35.5. The van der Waals surface area contributed by atoms with E-state index in [2.05, 4.69) is 15.5 Å². The molecule has 0 spiro atoms. The Bertz CT molecular complexity index is 594. The quantitative estimate of drug-likeness (QED) is 0.917. The van der Waals surface area contributed by atoms with Crippen LogP contribution in [0, 0.1) is 5.82 Å². The van der Waals surface area contributed by atoms with Gasteiger partial charge in [0, 0.05) is 0 Å². The highest BCUT2D eigenvalue weighted by Crippen LogP contribution is 2.30. The molecule has 1 aliphatic rings. The summed E-state index contributed by atoms with van der Waals surface area (Å²) in [6, 6.07) is 4.64. The van der Waals surface area contributed by atoms with Gasteiger partial charge in [0.1, 0.15) is 5.82 Å². The molecule has 3 rings (SSSR count). The summed E-state index contributed by atoms with van der Waals surface area (Å²) in [4.78, 5) is 4.36. The van der Waals surface area contributed by atoms with Crippen LogP contribution >= 0.6 is 11.6 Å². The van der Waals surface area contributed by atoms with Crippen LogP contribution in [-0.2, 0) is 0 Å². The van der Waals surface area contributed by atoms with Crippen LogP contribution in [0.5, 0.6) is 0 Å². The monoisotopic (exact) mass is 295 g/mol. The van der Waals surface area contributed by atoms with Crippen molar-refractivity contribution in [3.8, 4) is 11.5 Å². The fourth-order valence-electron chi connectivity index (χ4n) is 2.40. The van der Waals surface area contributed by atoms with Gasteiger partial charge in [-0.15, -0.1) is 0 Å². The summed E-state index contributed by atoms with van der Waals surface area (Å²) in [7, 11) is 0. The van der Waals surface area contributed by atoms with E-state index in [-0.39, 0.29) is 17.0 Å². The van der Waals surface area contributed by atoms with Gasteiger partial charge < -0.3 is 9.84 Å². The van der Waals surface area contributed by atoms with E-state index in [0.29, 0.717) is 11.4 Å². The summed E-state index contributed by atoms with van der Waals surface area (Å²) in [5, 5.41) is 7.41. The van der Waals surface area contributed by atoms with Crippen LogP contribution in [0.3, 0.4) is 0 Å². The van der Waals surface area contributed by atoms with Crippen LogP contribution in [0.2, 0.25) is 5.02 Å². The summed E-state index contributed by atoms with van der Waals surface area (Å²) >= 11 is 5.93. The first-order chi connectivity index (χ1) is 9.75. The smallest absolute Gasteiger partial charge is 0.259 e. The van der Waals surface area contributed by atoms with Crippen LogP contribution in [0.1, 0.15) is 37.5 Å². The summed E-state index contributed by atoms with van der Waals surface area (Å²) in [5.41, 5.74) is 0.430. The Balaban J connectivity index is 1.87. The van der Waals surface area contributed by atoms with E-state index in [9.17, 15) is 4.39 Å². The molecule has 1 N–H and O–H groups in total. The van der Waals surface area contributed by atoms with Gasteiger partial charge in [0.05, 0.1) is 16.6 Å². The Labute approximate surface area is 121 Å². The average molecular weight is 296 g/mol. The molecule has 1 aromatic carbocycles. The lowest BCUT2D eigenvalue weighted by Crippen LogP contribution is -2.21. The lowest BCUT2D eigenvalue weighted by Gasteiger charge is -2.09. The van der Waals surface area contributed by atoms with Crippen LogP contribution in [0.15, 0.2) is 22.7 Å². The zero-order valence-electron chi connectivity index (χ0n) is 10.9. The molecule has 0 bridgehead atoms. The van der Waals surface area contributed by atoms with E-state index in [1.807, 2.05) is 0 Å². The minimum absolute atomic E-state index is 0.0107. The van der Waals surface area contributed by atoms with E-state index < -0.39 is 5.82 Å². The summed E-state index contributed by atoms with van der Waals surface area (Å²) in [5.74, 6) is 0.384. The third-order valence-electron chi connectivity index (χ3n) is 3.50. The van der Waals surface area contributed by atoms with Crippen molar-refractivity contribution in [2.75, 3.05) is 6.54 Å². The van der Waals surface area contributed by atoms with Gasteiger partial charge in [-0.05, 0) is 31.5 Å². The fourth-order valence-corrected chi connectivity index (χ4v) is 2.61. The molecule has 1 saturated heterocycles. The number of halogens is 2. The molecule has 0 saturated carbocycles. The van der Waals surface area contributed by atoms with Gasteiger partial charge in [0.15, 0.2) is 5.82 Å².